The molecule has 100 valence electrons. The van der Waals surface area contributed by atoms with Crippen LogP contribution < -0.4 is 10.5 Å². The molecule has 3 N–H and O–H groups in total. The average Bonchev–Trinajstić information content (AvgIpc) is 2.40. The third-order valence-corrected chi connectivity index (χ3v) is 3.58. The molecule has 0 radical (unpaired) electrons. The molecule has 18 heavy (non-hydrogen) atoms. The van der Waals surface area contributed by atoms with Crippen molar-refractivity contribution in [2.45, 2.75) is 50.7 Å². The molecule has 4 heteroatoms. The van der Waals surface area contributed by atoms with E-state index in [2.05, 4.69) is 11.9 Å². The van der Waals surface area contributed by atoms with Crippen molar-refractivity contribution in [1.82, 2.24) is 4.98 Å². The van der Waals surface area contributed by atoms with Gasteiger partial charge in [0.05, 0.1) is 18.4 Å². The molecule has 1 heterocycles. The molecule has 1 fully saturated rings. The minimum absolute atomic E-state index is 0.220. The Kier molecular flexibility index (Phi) is 4.19. The van der Waals surface area contributed by atoms with Crippen LogP contribution in [0.15, 0.2) is 18.5 Å². The van der Waals surface area contributed by atoms with Gasteiger partial charge in [0.2, 0.25) is 0 Å². The van der Waals surface area contributed by atoms with Gasteiger partial charge in [0.25, 0.3) is 0 Å². The minimum Gasteiger partial charge on any atom is -0.492 e. The number of aromatic nitrogens is 1. The van der Waals surface area contributed by atoms with E-state index in [0.29, 0.717) is 19.4 Å². The van der Waals surface area contributed by atoms with Gasteiger partial charge in [-0.15, -0.1) is 0 Å². The molecule has 0 atom stereocenters. The largest absolute Gasteiger partial charge is 0.492 e. The van der Waals surface area contributed by atoms with Crippen LogP contribution in [-0.4, -0.2) is 22.7 Å². The summed E-state index contributed by atoms with van der Waals surface area (Å²) in [5.74, 6) is 0.734. The predicted octanol–water partition coefficient (Wildman–Crippen LogP) is 1.96. The van der Waals surface area contributed by atoms with Crippen molar-refractivity contribution in [2.24, 2.45) is 5.73 Å². The highest BCUT2D eigenvalue weighted by Gasteiger charge is 2.34. The number of hydrogen-bond acceptors (Lipinski definition) is 4. The van der Waals surface area contributed by atoms with Crippen LogP contribution in [0.2, 0.25) is 0 Å². The van der Waals surface area contributed by atoms with Crippen molar-refractivity contribution in [3.8, 4) is 5.75 Å². The van der Waals surface area contributed by atoms with Crippen molar-refractivity contribution in [1.29, 1.82) is 0 Å². The van der Waals surface area contributed by atoms with E-state index in [-0.39, 0.29) is 6.04 Å². The fraction of sp³-hybridized carbons (Fsp3) is 0.643. The van der Waals surface area contributed by atoms with Crippen LogP contribution >= 0.6 is 0 Å². The summed E-state index contributed by atoms with van der Waals surface area (Å²) < 4.78 is 5.55. The van der Waals surface area contributed by atoms with Crippen molar-refractivity contribution in [2.75, 3.05) is 6.61 Å². The van der Waals surface area contributed by atoms with Gasteiger partial charge in [0.15, 0.2) is 0 Å². The highest BCUT2D eigenvalue weighted by Crippen LogP contribution is 2.37. The molecule has 2 rings (SSSR count). The van der Waals surface area contributed by atoms with Crippen molar-refractivity contribution in [3.63, 3.8) is 0 Å². The molecule has 1 aliphatic rings. The molecule has 0 amide bonds. The van der Waals surface area contributed by atoms with E-state index >= 15 is 0 Å². The van der Waals surface area contributed by atoms with E-state index in [1.807, 2.05) is 6.07 Å². The Labute approximate surface area is 108 Å². The maximum absolute atomic E-state index is 10.7. The Balaban J connectivity index is 2.12. The highest BCUT2D eigenvalue weighted by atomic mass is 16.5. The Morgan fingerprint density at radius 1 is 1.44 bits per heavy atom. The van der Waals surface area contributed by atoms with Crippen LogP contribution in [0.5, 0.6) is 5.75 Å². The van der Waals surface area contributed by atoms with E-state index in [1.165, 1.54) is 0 Å². The van der Waals surface area contributed by atoms with Gasteiger partial charge >= 0.3 is 0 Å². The van der Waals surface area contributed by atoms with Crippen LogP contribution in [0.4, 0.5) is 0 Å². The molecule has 0 spiro atoms. The van der Waals surface area contributed by atoms with Crippen LogP contribution in [0.3, 0.4) is 0 Å². The Morgan fingerprint density at radius 2 is 2.17 bits per heavy atom. The predicted molar refractivity (Wildman–Crippen MR) is 70.4 cm³/mol. The summed E-state index contributed by atoms with van der Waals surface area (Å²) in [5.41, 5.74) is 5.94. The standard InChI is InChI=1S/C14H22N2O2/c1-2-7-18-13-8-11(9-16-10-13)14(17)5-3-12(15)4-6-14/h8-10,12,17H,2-7,15H2,1H3. The highest BCUT2D eigenvalue weighted by molar-refractivity contribution is 5.28. The topological polar surface area (TPSA) is 68.4 Å². The summed E-state index contributed by atoms with van der Waals surface area (Å²) in [6.45, 7) is 2.74. The first-order valence-corrected chi connectivity index (χ1v) is 6.70. The van der Waals surface area contributed by atoms with Gasteiger partial charge in [-0.05, 0) is 38.2 Å². The first kappa shape index (κ1) is 13.3. The monoisotopic (exact) mass is 250 g/mol. The molecule has 0 bridgehead atoms. The Hall–Kier alpha value is -1.13. The lowest BCUT2D eigenvalue weighted by atomic mass is 9.78. The van der Waals surface area contributed by atoms with Gasteiger partial charge in [-0.2, -0.15) is 0 Å². The second-order valence-corrected chi connectivity index (χ2v) is 5.13. The molecule has 4 nitrogen and oxygen atoms in total. The molecule has 0 saturated heterocycles. The van der Waals surface area contributed by atoms with Gasteiger partial charge in [-0.25, -0.2) is 0 Å². The molecule has 1 aromatic rings. The third-order valence-electron chi connectivity index (χ3n) is 3.58. The number of hydrogen-bond donors (Lipinski definition) is 2. The molecule has 0 unspecified atom stereocenters. The first-order valence-electron chi connectivity index (χ1n) is 6.70. The summed E-state index contributed by atoms with van der Waals surface area (Å²) in [6.07, 6.45) is 7.50. The second kappa shape index (κ2) is 5.67. The molecule has 0 aliphatic heterocycles. The quantitative estimate of drug-likeness (QED) is 0.857. The fourth-order valence-corrected chi connectivity index (χ4v) is 2.38. The van der Waals surface area contributed by atoms with Crippen molar-refractivity contribution >= 4 is 0 Å². The summed E-state index contributed by atoms with van der Waals surface area (Å²) in [5, 5.41) is 10.7. The SMILES string of the molecule is CCCOc1cncc(C2(O)CCC(N)CC2)c1. The first-order chi connectivity index (χ1) is 8.64. The van der Waals surface area contributed by atoms with E-state index in [4.69, 9.17) is 10.5 Å². The van der Waals surface area contributed by atoms with Crippen LogP contribution in [0.1, 0.15) is 44.6 Å². The molecule has 0 aromatic carbocycles. The Morgan fingerprint density at radius 3 is 2.83 bits per heavy atom. The summed E-state index contributed by atoms with van der Waals surface area (Å²) >= 11 is 0. The zero-order valence-electron chi connectivity index (χ0n) is 10.9. The van der Waals surface area contributed by atoms with E-state index in [1.54, 1.807) is 12.4 Å². The smallest absolute Gasteiger partial charge is 0.137 e. The zero-order valence-corrected chi connectivity index (χ0v) is 10.9. The van der Waals surface area contributed by atoms with Gasteiger partial charge in [-0.3, -0.25) is 4.98 Å². The number of nitrogens with two attached hydrogens (primary N) is 1. The number of pyridine rings is 1. The molecular formula is C14H22N2O2. The van der Waals surface area contributed by atoms with Crippen molar-refractivity contribution in [3.05, 3.63) is 24.0 Å². The van der Waals surface area contributed by atoms with Crippen LogP contribution in [0.25, 0.3) is 0 Å². The zero-order chi connectivity index (χ0) is 13.0. The lowest BCUT2D eigenvalue weighted by molar-refractivity contribution is -0.00546. The van der Waals surface area contributed by atoms with Gasteiger partial charge in [-0.1, -0.05) is 6.92 Å². The van der Waals surface area contributed by atoms with E-state index in [9.17, 15) is 5.11 Å². The second-order valence-electron chi connectivity index (χ2n) is 5.13. The van der Waals surface area contributed by atoms with Crippen molar-refractivity contribution < 1.29 is 9.84 Å². The number of nitrogens with zero attached hydrogens (tertiary/aromatic N) is 1. The van der Waals surface area contributed by atoms with Gasteiger partial charge < -0.3 is 15.6 Å². The fourth-order valence-electron chi connectivity index (χ4n) is 2.38. The number of ether oxygens (including phenoxy) is 1. The van der Waals surface area contributed by atoms with Crippen LogP contribution in [-0.2, 0) is 5.60 Å². The summed E-state index contributed by atoms with van der Waals surface area (Å²) in [4.78, 5) is 4.16. The Bertz CT molecular complexity index is 387. The van der Waals surface area contributed by atoms with Gasteiger partial charge in [0.1, 0.15) is 5.75 Å². The lowest BCUT2D eigenvalue weighted by Crippen LogP contribution is -2.36. The van der Waals surface area contributed by atoms with Gasteiger partial charge in [0, 0.05) is 17.8 Å². The maximum atomic E-state index is 10.7. The van der Waals surface area contributed by atoms with Crippen LogP contribution in [0, 0.1) is 0 Å². The summed E-state index contributed by atoms with van der Waals surface area (Å²) in [7, 11) is 0. The number of rotatable bonds is 4. The maximum Gasteiger partial charge on any atom is 0.137 e. The molecule has 1 saturated carbocycles. The lowest BCUT2D eigenvalue weighted by Gasteiger charge is -2.35. The molecular weight excluding hydrogens is 228 g/mol. The van der Waals surface area contributed by atoms with E-state index < -0.39 is 5.60 Å². The normalized spacial score (nSPS) is 28.1. The van der Waals surface area contributed by atoms with E-state index in [0.717, 1.165) is 30.6 Å². The molecule has 1 aliphatic carbocycles. The number of aliphatic hydroxyl groups is 1. The minimum atomic E-state index is -0.783. The average molecular weight is 250 g/mol. The molecule has 1 aromatic heterocycles. The third kappa shape index (κ3) is 3.00. The summed E-state index contributed by atoms with van der Waals surface area (Å²) in [6, 6.07) is 2.12.